The average Bonchev–Trinajstić information content (AvgIpc) is 2.82. The first-order valence-electron chi connectivity index (χ1n) is 5.65. The van der Waals surface area contributed by atoms with E-state index in [0.717, 1.165) is 22.0 Å². The molecule has 0 saturated carbocycles. The van der Waals surface area contributed by atoms with Crippen molar-refractivity contribution in [2.24, 2.45) is 0 Å². The second kappa shape index (κ2) is 4.04. The van der Waals surface area contributed by atoms with Crippen LogP contribution < -0.4 is 0 Å². The molecule has 3 rings (SSSR count). The zero-order valence-corrected chi connectivity index (χ0v) is 9.55. The number of aromatic carboxylic acids is 1. The van der Waals surface area contributed by atoms with E-state index >= 15 is 0 Å². The Morgan fingerprint density at radius 3 is 2.44 bits per heavy atom. The van der Waals surface area contributed by atoms with Gasteiger partial charge in [0.1, 0.15) is 0 Å². The van der Waals surface area contributed by atoms with Gasteiger partial charge >= 0.3 is 5.97 Å². The molecule has 3 heteroatoms. The molecule has 1 heterocycles. The van der Waals surface area contributed by atoms with E-state index in [4.69, 9.17) is 5.11 Å². The highest BCUT2D eigenvalue weighted by atomic mass is 16.4. The number of rotatable bonds is 2. The van der Waals surface area contributed by atoms with Crippen molar-refractivity contribution in [3.8, 4) is 11.1 Å². The molecule has 2 aromatic carbocycles. The molecule has 0 radical (unpaired) electrons. The summed E-state index contributed by atoms with van der Waals surface area (Å²) in [7, 11) is 0. The molecule has 0 fully saturated rings. The van der Waals surface area contributed by atoms with Crippen LogP contribution in [0.5, 0.6) is 0 Å². The molecule has 0 bridgehead atoms. The van der Waals surface area contributed by atoms with Gasteiger partial charge in [0.25, 0.3) is 0 Å². The normalized spacial score (nSPS) is 10.7. The van der Waals surface area contributed by atoms with Gasteiger partial charge in [-0.2, -0.15) is 0 Å². The first-order chi connectivity index (χ1) is 8.75. The summed E-state index contributed by atoms with van der Waals surface area (Å²) in [6.07, 6.45) is 1.94. The molecular formula is C15H11NO2. The zero-order chi connectivity index (χ0) is 12.5. The van der Waals surface area contributed by atoms with E-state index in [1.165, 1.54) is 0 Å². The number of carbonyl (C=O) groups is 1. The van der Waals surface area contributed by atoms with Crippen LogP contribution in [0.2, 0.25) is 0 Å². The Morgan fingerprint density at radius 1 is 1.00 bits per heavy atom. The summed E-state index contributed by atoms with van der Waals surface area (Å²) in [5.41, 5.74) is 3.48. The van der Waals surface area contributed by atoms with Gasteiger partial charge in [-0.3, -0.25) is 0 Å². The maximum atomic E-state index is 10.8. The molecule has 0 spiro atoms. The molecule has 0 unspecified atom stereocenters. The number of benzene rings is 2. The Labute approximate surface area is 104 Å². The molecule has 88 valence electrons. The van der Waals surface area contributed by atoms with Crippen molar-refractivity contribution in [1.29, 1.82) is 0 Å². The van der Waals surface area contributed by atoms with E-state index < -0.39 is 5.97 Å². The molecule has 3 nitrogen and oxygen atoms in total. The smallest absolute Gasteiger partial charge is 0.335 e. The fraction of sp³-hybridized carbons (Fsp3) is 0. The van der Waals surface area contributed by atoms with Crippen molar-refractivity contribution in [3.63, 3.8) is 0 Å². The number of hydrogen-bond donors (Lipinski definition) is 2. The SMILES string of the molecule is O=C(O)c1ccc(-c2c[nH]c3ccccc23)cc1. The Morgan fingerprint density at radius 2 is 1.72 bits per heavy atom. The van der Waals surface area contributed by atoms with Crippen molar-refractivity contribution >= 4 is 16.9 Å². The number of H-pyrrole nitrogens is 1. The minimum absolute atomic E-state index is 0.304. The molecule has 0 amide bonds. The van der Waals surface area contributed by atoms with Crippen LogP contribution in [0, 0.1) is 0 Å². The summed E-state index contributed by atoms with van der Waals surface area (Å²) in [6, 6.07) is 15.0. The van der Waals surface area contributed by atoms with Gasteiger partial charge in [0, 0.05) is 22.7 Å². The highest BCUT2D eigenvalue weighted by Crippen LogP contribution is 2.28. The number of hydrogen-bond acceptors (Lipinski definition) is 1. The summed E-state index contributed by atoms with van der Waals surface area (Å²) in [6.45, 7) is 0. The van der Waals surface area contributed by atoms with Gasteiger partial charge in [0.2, 0.25) is 0 Å². The van der Waals surface area contributed by atoms with Crippen LogP contribution >= 0.6 is 0 Å². The van der Waals surface area contributed by atoms with E-state index in [1.54, 1.807) is 12.1 Å². The van der Waals surface area contributed by atoms with E-state index in [1.807, 2.05) is 42.6 Å². The standard InChI is InChI=1S/C15H11NO2/c17-15(18)11-7-5-10(6-8-11)13-9-16-14-4-2-1-3-12(13)14/h1-9,16H,(H,17,18). The minimum atomic E-state index is -0.902. The molecule has 3 aromatic rings. The molecule has 0 aliphatic heterocycles. The third-order valence-electron chi connectivity index (χ3n) is 3.03. The van der Waals surface area contributed by atoms with Crippen LogP contribution in [0.1, 0.15) is 10.4 Å². The number of nitrogens with one attached hydrogen (secondary N) is 1. The maximum Gasteiger partial charge on any atom is 0.335 e. The number of aromatic nitrogens is 1. The van der Waals surface area contributed by atoms with Gasteiger partial charge in [0.15, 0.2) is 0 Å². The highest BCUT2D eigenvalue weighted by Gasteiger charge is 2.07. The number of carboxylic acid groups (broad SMARTS) is 1. The Kier molecular flexibility index (Phi) is 2.38. The number of fused-ring (bicyclic) bond motifs is 1. The van der Waals surface area contributed by atoms with E-state index in [0.29, 0.717) is 5.56 Å². The largest absolute Gasteiger partial charge is 0.478 e. The van der Waals surface area contributed by atoms with Gasteiger partial charge in [-0.1, -0.05) is 30.3 Å². The summed E-state index contributed by atoms with van der Waals surface area (Å²) < 4.78 is 0. The van der Waals surface area contributed by atoms with Crippen LogP contribution in [0.15, 0.2) is 54.7 Å². The average molecular weight is 237 g/mol. The number of carboxylic acids is 1. The predicted molar refractivity (Wildman–Crippen MR) is 70.7 cm³/mol. The molecule has 0 aliphatic carbocycles. The third kappa shape index (κ3) is 1.66. The molecule has 0 aliphatic rings. The highest BCUT2D eigenvalue weighted by molar-refractivity contribution is 5.96. The van der Waals surface area contributed by atoms with Crippen molar-refractivity contribution in [1.82, 2.24) is 4.98 Å². The predicted octanol–water partition coefficient (Wildman–Crippen LogP) is 3.53. The monoisotopic (exact) mass is 237 g/mol. The quantitative estimate of drug-likeness (QED) is 0.716. The molecule has 2 N–H and O–H groups in total. The summed E-state index contributed by atoms with van der Waals surface area (Å²) in [5.74, 6) is -0.902. The van der Waals surface area contributed by atoms with E-state index in [9.17, 15) is 4.79 Å². The zero-order valence-electron chi connectivity index (χ0n) is 9.55. The fourth-order valence-electron chi connectivity index (χ4n) is 2.10. The molecule has 1 aromatic heterocycles. The van der Waals surface area contributed by atoms with Crippen LogP contribution in [0.4, 0.5) is 0 Å². The molecule has 0 atom stereocenters. The lowest BCUT2D eigenvalue weighted by atomic mass is 10.0. The Hall–Kier alpha value is -2.55. The lowest BCUT2D eigenvalue weighted by Gasteiger charge is -2.00. The maximum absolute atomic E-state index is 10.8. The van der Waals surface area contributed by atoms with Crippen molar-refractivity contribution in [2.45, 2.75) is 0 Å². The number of aromatic amines is 1. The lowest BCUT2D eigenvalue weighted by molar-refractivity contribution is 0.0697. The van der Waals surface area contributed by atoms with Gasteiger partial charge in [-0.15, -0.1) is 0 Å². The van der Waals surface area contributed by atoms with Crippen LogP contribution in [0.25, 0.3) is 22.0 Å². The van der Waals surface area contributed by atoms with Crippen LogP contribution in [0.3, 0.4) is 0 Å². The second-order valence-electron chi connectivity index (χ2n) is 4.13. The summed E-state index contributed by atoms with van der Waals surface area (Å²) in [5, 5.41) is 10.0. The van der Waals surface area contributed by atoms with Crippen LogP contribution in [-0.2, 0) is 0 Å². The van der Waals surface area contributed by atoms with Gasteiger partial charge in [0.05, 0.1) is 5.56 Å². The molecular weight excluding hydrogens is 226 g/mol. The third-order valence-corrected chi connectivity index (χ3v) is 3.03. The Bertz CT molecular complexity index is 711. The molecule has 0 saturated heterocycles. The van der Waals surface area contributed by atoms with Gasteiger partial charge in [-0.05, 0) is 23.8 Å². The van der Waals surface area contributed by atoms with Crippen LogP contribution in [-0.4, -0.2) is 16.1 Å². The van der Waals surface area contributed by atoms with Crippen molar-refractivity contribution in [2.75, 3.05) is 0 Å². The Balaban J connectivity index is 2.12. The summed E-state index contributed by atoms with van der Waals surface area (Å²) in [4.78, 5) is 14.0. The first kappa shape index (κ1) is 10.6. The fourth-order valence-corrected chi connectivity index (χ4v) is 2.10. The second-order valence-corrected chi connectivity index (χ2v) is 4.13. The minimum Gasteiger partial charge on any atom is -0.478 e. The van der Waals surface area contributed by atoms with Gasteiger partial charge < -0.3 is 10.1 Å². The lowest BCUT2D eigenvalue weighted by Crippen LogP contribution is -1.94. The van der Waals surface area contributed by atoms with Crippen molar-refractivity contribution in [3.05, 3.63) is 60.3 Å². The van der Waals surface area contributed by atoms with E-state index in [2.05, 4.69) is 4.98 Å². The molecule has 18 heavy (non-hydrogen) atoms. The first-order valence-corrected chi connectivity index (χ1v) is 5.65. The van der Waals surface area contributed by atoms with Crippen molar-refractivity contribution < 1.29 is 9.90 Å². The number of para-hydroxylation sites is 1. The summed E-state index contributed by atoms with van der Waals surface area (Å²) >= 11 is 0. The topological polar surface area (TPSA) is 53.1 Å². The van der Waals surface area contributed by atoms with E-state index in [-0.39, 0.29) is 0 Å². The van der Waals surface area contributed by atoms with Gasteiger partial charge in [-0.25, -0.2) is 4.79 Å².